The zero-order valence-corrected chi connectivity index (χ0v) is 17.6. The number of nitrogens with one attached hydrogen (secondary N) is 2. The summed E-state index contributed by atoms with van der Waals surface area (Å²) in [7, 11) is 0. The minimum Gasteiger partial charge on any atom is -0.354 e. The van der Waals surface area contributed by atoms with Crippen LogP contribution in [0.25, 0.3) is 21.9 Å². The van der Waals surface area contributed by atoms with E-state index in [9.17, 15) is 14.4 Å². The van der Waals surface area contributed by atoms with Crippen molar-refractivity contribution < 1.29 is 4.79 Å². The lowest BCUT2D eigenvalue weighted by molar-refractivity contribution is 0.102. The fourth-order valence-corrected chi connectivity index (χ4v) is 4.09. The normalized spacial score (nSPS) is 13.7. The Labute approximate surface area is 182 Å². The van der Waals surface area contributed by atoms with Crippen LogP contribution < -0.4 is 21.5 Å². The number of carbonyl (C=O) groups excluding carboxylic acids is 1. The molecule has 162 valence electrons. The first-order valence-electron chi connectivity index (χ1n) is 10.6. The first-order valence-corrected chi connectivity index (χ1v) is 10.6. The molecule has 4 aromatic rings. The summed E-state index contributed by atoms with van der Waals surface area (Å²) in [6, 6.07) is 12.2. The van der Waals surface area contributed by atoms with E-state index in [2.05, 4.69) is 20.2 Å². The maximum atomic E-state index is 13.1. The van der Waals surface area contributed by atoms with Crippen molar-refractivity contribution in [3.63, 3.8) is 0 Å². The Morgan fingerprint density at radius 2 is 1.78 bits per heavy atom. The third-order valence-corrected chi connectivity index (χ3v) is 5.75. The van der Waals surface area contributed by atoms with Crippen LogP contribution in [0.4, 0.5) is 11.6 Å². The van der Waals surface area contributed by atoms with Crippen LogP contribution in [-0.2, 0) is 6.54 Å². The Morgan fingerprint density at radius 1 is 1.06 bits per heavy atom. The highest BCUT2D eigenvalue weighted by Gasteiger charge is 2.21. The molecule has 32 heavy (non-hydrogen) atoms. The largest absolute Gasteiger partial charge is 0.354 e. The van der Waals surface area contributed by atoms with Crippen LogP contribution in [0.2, 0.25) is 0 Å². The lowest BCUT2D eigenvalue weighted by Gasteiger charge is -2.20. The Balaban J connectivity index is 1.54. The highest BCUT2D eigenvalue weighted by molar-refractivity contribution is 6.07. The molecule has 3 heterocycles. The lowest BCUT2D eigenvalue weighted by atomic mass is 10.1. The number of para-hydroxylation sites is 2. The van der Waals surface area contributed by atoms with Gasteiger partial charge in [0.2, 0.25) is 0 Å². The standard InChI is InChI=1S/C23H22N6O3/c1-2-29-22(31)15-10-9-14(13-18(15)26-23(29)32)21(30)27-19-20(28-11-5-6-12-28)25-17-8-4-3-7-16(17)24-19/h3-4,7-10,13H,2,5-6,11-12H2,1H3,(H,26,32)(H,24,27,30). The second kappa shape index (κ2) is 7.92. The molecule has 2 aromatic carbocycles. The fourth-order valence-electron chi connectivity index (χ4n) is 4.09. The maximum absolute atomic E-state index is 13.1. The Hall–Kier alpha value is -4.01. The van der Waals surface area contributed by atoms with Gasteiger partial charge in [-0.3, -0.25) is 14.2 Å². The molecule has 0 spiro atoms. The second-order valence-corrected chi connectivity index (χ2v) is 7.77. The van der Waals surface area contributed by atoms with E-state index in [1.807, 2.05) is 24.3 Å². The van der Waals surface area contributed by atoms with Crippen molar-refractivity contribution in [1.29, 1.82) is 0 Å². The monoisotopic (exact) mass is 430 g/mol. The molecule has 2 N–H and O–H groups in total. The summed E-state index contributed by atoms with van der Waals surface area (Å²) in [6.45, 7) is 3.71. The number of anilines is 2. The van der Waals surface area contributed by atoms with Crippen LogP contribution in [-0.4, -0.2) is 38.5 Å². The topological polar surface area (TPSA) is 113 Å². The third kappa shape index (κ3) is 3.41. The number of amides is 1. The van der Waals surface area contributed by atoms with Gasteiger partial charge in [0.1, 0.15) is 0 Å². The van der Waals surface area contributed by atoms with Gasteiger partial charge in [0.15, 0.2) is 11.6 Å². The molecule has 0 bridgehead atoms. The number of aromatic nitrogens is 4. The van der Waals surface area contributed by atoms with Gasteiger partial charge in [-0.15, -0.1) is 0 Å². The van der Waals surface area contributed by atoms with Crippen LogP contribution in [0.3, 0.4) is 0 Å². The molecule has 1 aliphatic rings. The molecule has 0 unspecified atom stereocenters. The van der Waals surface area contributed by atoms with Crippen LogP contribution >= 0.6 is 0 Å². The molecule has 9 heteroatoms. The number of H-pyrrole nitrogens is 1. The summed E-state index contributed by atoms with van der Waals surface area (Å²) in [5.41, 5.74) is 1.21. The van der Waals surface area contributed by atoms with Crippen molar-refractivity contribution in [2.24, 2.45) is 0 Å². The number of fused-ring (bicyclic) bond motifs is 2. The van der Waals surface area contributed by atoms with Crippen molar-refractivity contribution in [2.45, 2.75) is 26.3 Å². The summed E-state index contributed by atoms with van der Waals surface area (Å²) in [6.07, 6.45) is 2.13. The third-order valence-electron chi connectivity index (χ3n) is 5.75. The molecule has 9 nitrogen and oxygen atoms in total. The van der Waals surface area contributed by atoms with Crippen molar-refractivity contribution in [3.05, 3.63) is 68.9 Å². The zero-order valence-electron chi connectivity index (χ0n) is 17.6. The highest BCUT2D eigenvalue weighted by Crippen LogP contribution is 2.28. The van der Waals surface area contributed by atoms with Crippen LogP contribution in [0, 0.1) is 0 Å². The summed E-state index contributed by atoms with van der Waals surface area (Å²) >= 11 is 0. The number of aromatic amines is 1. The molecule has 1 saturated heterocycles. The van der Waals surface area contributed by atoms with E-state index in [1.54, 1.807) is 19.1 Å². The minimum atomic E-state index is -0.501. The highest BCUT2D eigenvalue weighted by atomic mass is 16.2. The number of rotatable bonds is 4. The van der Waals surface area contributed by atoms with E-state index in [-0.39, 0.29) is 12.1 Å². The summed E-state index contributed by atoms with van der Waals surface area (Å²) in [5.74, 6) is 0.651. The fraction of sp³-hybridized carbons (Fsp3) is 0.261. The van der Waals surface area contributed by atoms with E-state index in [4.69, 9.17) is 4.98 Å². The van der Waals surface area contributed by atoms with E-state index in [1.165, 1.54) is 6.07 Å². The molecule has 5 rings (SSSR count). The molecule has 2 aromatic heterocycles. The summed E-state index contributed by atoms with van der Waals surface area (Å²) in [5, 5.41) is 3.24. The van der Waals surface area contributed by atoms with E-state index in [0.29, 0.717) is 33.6 Å². The Bertz CT molecular complexity index is 1470. The van der Waals surface area contributed by atoms with Crippen molar-refractivity contribution >= 4 is 39.5 Å². The van der Waals surface area contributed by atoms with E-state index >= 15 is 0 Å². The van der Waals surface area contributed by atoms with Gasteiger partial charge in [0.25, 0.3) is 11.5 Å². The van der Waals surface area contributed by atoms with E-state index in [0.717, 1.165) is 36.0 Å². The molecule has 0 saturated carbocycles. The number of hydrogen-bond acceptors (Lipinski definition) is 6. The maximum Gasteiger partial charge on any atom is 0.328 e. The SMILES string of the molecule is CCn1c(=O)[nH]c2cc(C(=O)Nc3nc4ccccc4nc3N3CCCC3)ccc2c1=O. The zero-order chi connectivity index (χ0) is 22.2. The van der Waals surface area contributed by atoms with Gasteiger partial charge in [-0.2, -0.15) is 0 Å². The number of hydrogen-bond donors (Lipinski definition) is 2. The Morgan fingerprint density at radius 3 is 2.50 bits per heavy atom. The predicted molar refractivity (Wildman–Crippen MR) is 123 cm³/mol. The minimum absolute atomic E-state index is 0.270. The average molecular weight is 430 g/mol. The van der Waals surface area contributed by atoms with Crippen LogP contribution in [0.5, 0.6) is 0 Å². The molecule has 1 aliphatic heterocycles. The summed E-state index contributed by atoms with van der Waals surface area (Å²) in [4.78, 5) is 51.9. The molecule has 0 aliphatic carbocycles. The molecular formula is C23H22N6O3. The van der Waals surface area contributed by atoms with Gasteiger partial charge in [0.05, 0.1) is 21.9 Å². The van der Waals surface area contributed by atoms with Gasteiger partial charge in [-0.1, -0.05) is 12.1 Å². The number of carbonyl (C=O) groups is 1. The van der Waals surface area contributed by atoms with Gasteiger partial charge in [-0.05, 0) is 50.1 Å². The van der Waals surface area contributed by atoms with Crippen molar-refractivity contribution in [2.75, 3.05) is 23.3 Å². The van der Waals surface area contributed by atoms with Gasteiger partial charge >= 0.3 is 5.69 Å². The Kier molecular flexibility index (Phi) is 4.93. The summed E-state index contributed by atoms with van der Waals surface area (Å²) < 4.78 is 1.12. The smallest absolute Gasteiger partial charge is 0.328 e. The molecule has 0 radical (unpaired) electrons. The number of nitrogens with zero attached hydrogens (tertiary/aromatic N) is 4. The van der Waals surface area contributed by atoms with E-state index < -0.39 is 11.6 Å². The molecule has 1 fully saturated rings. The average Bonchev–Trinajstić information content (AvgIpc) is 3.33. The second-order valence-electron chi connectivity index (χ2n) is 7.77. The number of benzene rings is 2. The van der Waals surface area contributed by atoms with Gasteiger partial charge in [0, 0.05) is 25.2 Å². The van der Waals surface area contributed by atoms with Crippen LogP contribution in [0.15, 0.2) is 52.1 Å². The molecule has 1 amide bonds. The van der Waals surface area contributed by atoms with Gasteiger partial charge < -0.3 is 15.2 Å². The van der Waals surface area contributed by atoms with Crippen molar-refractivity contribution in [1.82, 2.24) is 19.5 Å². The molecular weight excluding hydrogens is 408 g/mol. The van der Waals surface area contributed by atoms with Crippen LogP contribution in [0.1, 0.15) is 30.1 Å². The lowest BCUT2D eigenvalue weighted by Crippen LogP contribution is -2.34. The quantitative estimate of drug-likeness (QED) is 0.514. The molecule has 0 atom stereocenters. The first kappa shape index (κ1) is 19.9. The van der Waals surface area contributed by atoms with Gasteiger partial charge in [-0.25, -0.2) is 14.8 Å². The first-order chi connectivity index (χ1) is 15.5. The predicted octanol–water partition coefficient (Wildman–Crippen LogP) is 2.51. The van der Waals surface area contributed by atoms with Crippen molar-refractivity contribution in [3.8, 4) is 0 Å².